The van der Waals surface area contributed by atoms with Crippen LogP contribution in [0.15, 0.2) is 42.7 Å². The molecule has 1 unspecified atom stereocenters. The summed E-state index contributed by atoms with van der Waals surface area (Å²) in [5.41, 5.74) is 1.55. The summed E-state index contributed by atoms with van der Waals surface area (Å²) in [6, 6.07) is 8.73. The maximum absolute atomic E-state index is 10.6. The first-order valence-electron chi connectivity index (χ1n) is 5.52. The van der Waals surface area contributed by atoms with Crippen molar-refractivity contribution in [3.63, 3.8) is 0 Å². The summed E-state index contributed by atoms with van der Waals surface area (Å²) < 4.78 is 5.76. The van der Waals surface area contributed by atoms with Crippen LogP contribution in [0.1, 0.15) is 28.9 Å². The minimum atomic E-state index is -0.132. The van der Waals surface area contributed by atoms with Crippen LogP contribution in [-0.4, -0.2) is 11.3 Å². The molecule has 2 rings (SSSR count). The molecule has 0 N–H and O–H groups in total. The minimum Gasteiger partial charge on any atom is -0.484 e. The lowest BCUT2D eigenvalue weighted by atomic mass is 10.2. The number of hydrogen-bond acceptors (Lipinski definition) is 3. The van der Waals surface area contributed by atoms with Crippen molar-refractivity contribution in [3.8, 4) is 5.75 Å². The zero-order valence-electron chi connectivity index (χ0n) is 9.84. The van der Waals surface area contributed by atoms with E-state index in [4.69, 9.17) is 16.3 Å². The maximum atomic E-state index is 10.6. The first-order valence-corrected chi connectivity index (χ1v) is 5.90. The molecule has 18 heavy (non-hydrogen) atoms. The fraction of sp³-hybridized carbons (Fsp3) is 0.143. The Morgan fingerprint density at radius 1 is 1.28 bits per heavy atom. The molecule has 2 aromatic rings. The van der Waals surface area contributed by atoms with Gasteiger partial charge in [0.2, 0.25) is 0 Å². The summed E-state index contributed by atoms with van der Waals surface area (Å²) in [5.74, 6) is 0.562. The molecule has 1 aromatic carbocycles. The van der Waals surface area contributed by atoms with Gasteiger partial charge in [0.05, 0.1) is 5.02 Å². The Morgan fingerprint density at radius 3 is 2.61 bits per heavy atom. The number of benzene rings is 1. The average molecular weight is 262 g/mol. The van der Waals surface area contributed by atoms with Gasteiger partial charge in [-0.05, 0) is 42.8 Å². The standard InChI is InChI=1S/C14H12ClNO2/c1-10(12-4-6-16-7-5-12)18-14-3-2-11(9-17)8-13(14)15/h2-10H,1H3. The van der Waals surface area contributed by atoms with Gasteiger partial charge in [0.1, 0.15) is 18.1 Å². The number of hydrogen-bond donors (Lipinski definition) is 0. The Kier molecular flexibility index (Phi) is 3.95. The number of carbonyl (C=O) groups excluding carboxylic acids is 1. The first-order chi connectivity index (χ1) is 8.70. The summed E-state index contributed by atoms with van der Waals surface area (Å²) in [4.78, 5) is 14.6. The van der Waals surface area contributed by atoms with Crippen molar-refractivity contribution in [2.45, 2.75) is 13.0 Å². The predicted octanol–water partition coefficient (Wildman–Crippen LogP) is 3.69. The van der Waals surface area contributed by atoms with Crippen LogP contribution in [-0.2, 0) is 0 Å². The Bertz CT molecular complexity index is 543. The Hall–Kier alpha value is -1.87. The summed E-state index contributed by atoms with van der Waals surface area (Å²) in [6.45, 7) is 1.93. The van der Waals surface area contributed by atoms with Crippen molar-refractivity contribution in [2.75, 3.05) is 0 Å². The molecule has 1 heterocycles. The van der Waals surface area contributed by atoms with Crippen molar-refractivity contribution in [3.05, 3.63) is 58.9 Å². The zero-order valence-corrected chi connectivity index (χ0v) is 10.6. The molecular formula is C14H12ClNO2. The average Bonchev–Trinajstić information content (AvgIpc) is 2.42. The van der Waals surface area contributed by atoms with E-state index in [9.17, 15) is 4.79 Å². The number of carbonyl (C=O) groups is 1. The van der Waals surface area contributed by atoms with Crippen molar-refractivity contribution < 1.29 is 9.53 Å². The van der Waals surface area contributed by atoms with Crippen LogP contribution < -0.4 is 4.74 Å². The summed E-state index contributed by atoms with van der Waals surface area (Å²) in [6.07, 6.45) is 4.05. The van der Waals surface area contributed by atoms with Gasteiger partial charge >= 0.3 is 0 Å². The Labute approximate surface area is 110 Å². The highest BCUT2D eigenvalue weighted by atomic mass is 35.5. The third-order valence-electron chi connectivity index (χ3n) is 2.57. The fourth-order valence-corrected chi connectivity index (χ4v) is 1.81. The van der Waals surface area contributed by atoms with Gasteiger partial charge in [-0.25, -0.2) is 0 Å². The molecule has 0 fully saturated rings. The van der Waals surface area contributed by atoms with E-state index in [0.717, 1.165) is 11.8 Å². The molecule has 0 radical (unpaired) electrons. The van der Waals surface area contributed by atoms with Gasteiger partial charge in [-0.1, -0.05) is 11.6 Å². The van der Waals surface area contributed by atoms with E-state index < -0.39 is 0 Å². The van der Waals surface area contributed by atoms with E-state index in [1.807, 2.05) is 19.1 Å². The number of ether oxygens (including phenoxy) is 1. The number of halogens is 1. The number of pyridine rings is 1. The number of aldehydes is 1. The van der Waals surface area contributed by atoms with Crippen LogP contribution >= 0.6 is 11.6 Å². The quantitative estimate of drug-likeness (QED) is 0.788. The lowest BCUT2D eigenvalue weighted by Crippen LogP contribution is -2.03. The van der Waals surface area contributed by atoms with Gasteiger partial charge in [0.15, 0.2) is 0 Å². The van der Waals surface area contributed by atoms with Crippen molar-refractivity contribution in [2.24, 2.45) is 0 Å². The summed E-state index contributed by atoms with van der Waals surface area (Å²) >= 11 is 6.04. The van der Waals surface area contributed by atoms with E-state index in [2.05, 4.69) is 4.98 Å². The lowest BCUT2D eigenvalue weighted by molar-refractivity contribution is 0.112. The predicted molar refractivity (Wildman–Crippen MR) is 70.1 cm³/mol. The molecule has 3 nitrogen and oxygen atoms in total. The highest BCUT2D eigenvalue weighted by Crippen LogP contribution is 2.29. The zero-order chi connectivity index (χ0) is 13.0. The van der Waals surface area contributed by atoms with E-state index in [1.54, 1.807) is 30.6 Å². The van der Waals surface area contributed by atoms with E-state index in [-0.39, 0.29) is 6.10 Å². The van der Waals surface area contributed by atoms with E-state index in [0.29, 0.717) is 16.3 Å². The van der Waals surface area contributed by atoms with Crippen molar-refractivity contribution >= 4 is 17.9 Å². The summed E-state index contributed by atoms with van der Waals surface area (Å²) in [7, 11) is 0. The van der Waals surface area contributed by atoms with E-state index >= 15 is 0 Å². The SMILES string of the molecule is CC(Oc1ccc(C=O)cc1Cl)c1ccncc1. The van der Waals surface area contributed by atoms with Crippen LogP contribution in [0.5, 0.6) is 5.75 Å². The molecule has 1 aromatic heterocycles. The van der Waals surface area contributed by atoms with Crippen molar-refractivity contribution in [1.29, 1.82) is 0 Å². The number of rotatable bonds is 4. The minimum absolute atomic E-state index is 0.132. The Morgan fingerprint density at radius 2 is 2.00 bits per heavy atom. The molecule has 1 atom stereocenters. The van der Waals surface area contributed by atoms with Crippen LogP contribution in [0.3, 0.4) is 0 Å². The molecule has 0 aliphatic rings. The van der Waals surface area contributed by atoms with Crippen LogP contribution in [0.2, 0.25) is 5.02 Å². The third kappa shape index (κ3) is 2.87. The maximum Gasteiger partial charge on any atom is 0.150 e. The van der Waals surface area contributed by atoms with Gasteiger partial charge in [0.25, 0.3) is 0 Å². The Balaban J connectivity index is 2.17. The molecule has 0 bridgehead atoms. The van der Waals surface area contributed by atoms with Crippen LogP contribution in [0.25, 0.3) is 0 Å². The molecule has 0 amide bonds. The molecule has 0 aliphatic heterocycles. The fourth-order valence-electron chi connectivity index (χ4n) is 1.58. The monoisotopic (exact) mass is 261 g/mol. The van der Waals surface area contributed by atoms with Gasteiger partial charge in [-0.2, -0.15) is 0 Å². The normalized spacial score (nSPS) is 11.9. The smallest absolute Gasteiger partial charge is 0.150 e. The topological polar surface area (TPSA) is 39.2 Å². The highest BCUT2D eigenvalue weighted by Gasteiger charge is 2.09. The summed E-state index contributed by atoms with van der Waals surface area (Å²) in [5, 5.41) is 0.431. The molecule has 92 valence electrons. The van der Waals surface area contributed by atoms with Crippen molar-refractivity contribution in [1.82, 2.24) is 4.98 Å². The van der Waals surface area contributed by atoms with Gasteiger partial charge in [-0.3, -0.25) is 9.78 Å². The van der Waals surface area contributed by atoms with Gasteiger partial charge in [0, 0.05) is 18.0 Å². The molecule has 0 saturated carbocycles. The molecule has 0 saturated heterocycles. The second-order valence-electron chi connectivity index (χ2n) is 3.85. The first kappa shape index (κ1) is 12.6. The second-order valence-corrected chi connectivity index (χ2v) is 4.26. The molecular weight excluding hydrogens is 250 g/mol. The molecule has 0 aliphatic carbocycles. The molecule has 0 spiro atoms. The van der Waals surface area contributed by atoms with Gasteiger partial charge < -0.3 is 4.74 Å². The molecule has 4 heteroatoms. The third-order valence-corrected chi connectivity index (χ3v) is 2.87. The lowest BCUT2D eigenvalue weighted by Gasteiger charge is -2.16. The highest BCUT2D eigenvalue weighted by molar-refractivity contribution is 6.32. The number of aromatic nitrogens is 1. The van der Waals surface area contributed by atoms with Crippen LogP contribution in [0, 0.1) is 0 Å². The second kappa shape index (κ2) is 5.65. The van der Waals surface area contributed by atoms with E-state index in [1.165, 1.54) is 0 Å². The van der Waals surface area contributed by atoms with Crippen LogP contribution in [0.4, 0.5) is 0 Å². The largest absolute Gasteiger partial charge is 0.484 e. The van der Waals surface area contributed by atoms with Gasteiger partial charge in [-0.15, -0.1) is 0 Å². The number of nitrogens with zero attached hydrogens (tertiary/aromatic N) is 1.